The zero-order valence-corrected chi connectivity index (χ0v) is 19.2. The highest BCUT2D eigenvalue weighted by Crippen LogP contribution is 2.48. The smallest absolute Gasteiger partial charge is 0.288 e. The van der Waals surface area contributed by atoms with Crippen molar-refractivity contribution in [1.82, 2.24) is 4.90 Å². The number of piperidine rings is 1. The first-order valence-electron chi connectivity index (χ1n) is 11.2. The molecule has 0 aromatic heterocycles. The largest absolute Gasteiger partial charge is 0.307 e. The van der Waals surface area contributed by atoms with Crippen LogP contribution < -0.4 is 4.90 Å². The van der Waals surface area contributed by atoms with Gasteiger partial charge in [0.05, 0.1) is 4.92 Å². The lowest BCUT2D eigenvalue weighted by Crippen LogP contribution is -2.45. The van der Waals surface area contributed by atoms with E-state index in [1.807, 2.05) is 18.2 Å². The Hall–Kier alpha value is -3.29. The van der Waals surface area contributed by atoms with Crippen LogP contribution in [-0.2, 0) is 12.0 Å². The van der Waals surface area contributed by atoms with Crippen molar-refractivity contribution in [2.24, 2.45) is 0 Å². The number of rotatable bonds is 4. The highest BCUT2D eigenvalue weighted by Gasteiger charge is 2.46. The number of anilines is 1. The van der Waals surface area contributed by atoms with E-state index in [-0.39, 0.29) is 33.4 Å². The molecular formula is C26H23ClFN3O3. The number of hydrogen-bond acceptors (Lipinski definition) is 4. The first-order valence-corrected chi connectivity index (χ1v) is 11.6. The van der Waals surface area contributed by atoms with Crippen molar-refractivity contribution in [3.05, 3.63) is 104 Å². The van der Waals surface area contributed by atoms with Gasteiger partial charge in [0.25, 0.3) is 11.6 Å². The van der Waals surface area contributed by atoms with Crippen LogP contribution in [0.15, 0.2) is 66.7 Å². The second-order valence-electron chi connectivity index (χ2n) is 9.02. The summed E-state index contributed by atoms with van der Waals surface area (Å²) in [4.78, 5) is 28.2. The summed E-state index contributed by atoms with van der Waals surface area (Å²) in [5, 5.41) is 11.3. The summed E-state index contributed by atoms with van der Waals surface area (Å²) in [6.45, 7) is 2.93. The third-order valence-electron chi connectivity index (χ3n) is 6.98. The summed E-state index contributed by atoms with van der Waals surface area (Å²) < 4.78 is 14.3. The number of amides is 1. The normalized spacial score (nSPS) is 17.1. The fourth-order valence-electron chi connectivity index (χ4n) is 5.17. The van der Waals surface area contributed by atoms with Gasteiger partial charge in [-0.3, -0.25) is 19.8 Å². The van der Waals surface area contributed by atoms with Crippen LogP contribution in [0.5, 0.6) is 0 Å². The zero-order chi connectivity index (χ0) is 23.9. The monoisotopic (exact) mass is 479 g/mol. The summed E-state index contributed by atoms with van der Waals surface area (Å²) in [5.74, 6) is -0.683. The summed E-state index contributed by atoms with van der Waals surface area (Å²) in [7, 11) is 0. The van der Waals surface area contributed by atoms with E-state index in [9.17, 15) is 19.3 Å². The standard InChI is InChI=1S/C26H23ClFN3O3/c27-22-8-6-19(14-24(22)31(33)34)25(32)30-17-26(21-15-20(28)7-9-23(21)30)10-12-29(13-11-26)16-18-4-2-1-3-5-18/h1-9,14-15H,10-13,16-17H2. The number of benzene rings is 3. The highest BCUT2D eigenvalue weighted by atomic mass is 35.5. The number of carbonyl (C=O) groups is 1. The molecule has 2 aliphatic rings. The molecule has 0 atom stereocenters. The number of nitro groups is 1. The Morgan fingerprint density at radius 3 is 2.50 bits per heavy atom. The molecule has 1 amide bonds. The molecule has 0 N–H and O–H groups in total. The molecule has 3 aromatic rings. The Morgan fingerprint density at radius 2 is 1.79 bits per heavy atom. The zero-order valence-electron chi connectivity index (χ0n) is 18.4. The first-order chi connectivity index (χ1) is 16.4. The van der Waals surface area contributed by atoms with Gasteiger partial charge in [0.2, 0.25) is 0 Å². The minimum atomic E-state index is -0.601. The molecule has 0 bridgehead atoms. The van der Waals surface area contributed by atoms with Gasteiger partial charge in [-0.15, -0.1) is 0 Å². The van der Waals surface area contributed by atoms with Crippen molar-refractivity contribution in [3.63, 3.8) is 0 Å². The fraction of sp³-hybridized carbons (Fsp3) is 0.269. The predicted octanol–water partition coefficient (Wildman–Crippen LogP) is 5.58. The van der Waals surface area contributed by atoms with Gasteiger partial charge >= 0.3 is 0 Å². The minimum Gasteiger partial charge on any atom is -0.307 e. The molecule has 0 aliphatic carbocycles. The average molecular weight is 480 g/mol. The van der Waals surface area contributed by atoms with Crippen LogP contribution >= 0.6 is 11.6 Å². The molecule has 5 rings (SSSR count). The number of carbonyl (C=O) groups excluding carboxylic acids is 1. The number of halogens is 2. The number of fused-ring (bicyclic) bond motifs is 2. The quantitative estimate of drug-likeness (QED) is 0.362. The molecule has 34 heavy (non-hydrogen) atoms. The van der Waals surface area contributed by atoms with E-state index in [0.717, 1.165) is 38.0 Å². The Morgan fingerprint density at radius 1 is 1.06 bits per heavy atom. The summed E-state index contributed by atoms with van der Waals surface area (Å²) in [5.41, 5.74) is 2.28. The van der Waals surface area contributed by atoms with Crippen molar-refractivity contribution >= 4 is 28.9 Å². The SMILES string of the molecule is O=C(c1ccc(Cl)c([N+](=O)[O-])c1)N1CC2(CCN(Cc3ccccc3)CC2)c2cc(F)ccc21. The van der Waals surface area contributed by atoms with Gasteiger partial charge in [-0.25, -0.2) is 4.39 Å². The predicted molar refractivity (Wildman–Crippen MR) is 129 cm³/mol. The molecule has 0 radical (unpaired) electrons. The number of hydrogen-bond donors (Lipinski definition) is 0. The molecule has 1 spiro atoms. The molecule has 1 fully saturated rings. The van der Waals surface area contributed by atoms with Crippen LogP contribution in [0.4, 0.5) is 15.8 Å². The van der Waals surface area contributed by atoms with Crippen LogP contribution in [0.3, 0.4) is 0 Å². The Balaban J connectivity index is 1.42. The minimum absolute atomic E-state index is 0.0206. The van der Waals surface area contributed by atoms with Gasteiger partial charge in [0.15, 0.2) is 0 Å². The number of nitrogens with zero attached hydrogens (tertiary/aromatic N) is 3. The molecule has 174 valence electrons. The van der Waals surface area contributed by atoms with E-state index in [1.54, 1.807) is 17.0 Å². The van der Waals surface area contributed by atoms with Crippen molar-refractivity contribution in [1.29, 1.82) is 0 Å². The lowest BCUT2D eigenvalue weighted by molar-refractivity contribution is -0.384. The van der Waals surface area contributed by atoms with Crippen LogP contribution in [0.2, 0.25) is 5.02 Å². The van der Waals surface area contributed by atoms with Gasteiger partial charge < -0.3 is 4.90 Å². The topological polar surface area (TPSA) is 66.7 Å². The molecule has 6 nitrogen and oxygen atoms in total. The Kier molecular flexibility index (Phi) is 5.83. The maximum Gasteiger partial charge on any atom is 0.288 e. The second-order valence-corrected chi connectivity index (χ2v) is 9.43. The molecular weight excluding hydrogens is 457 g/mol. The van der Waals surface area contributed by atoms with Crippen molar-refractivity contribution in [3.8, 4) is 0 Å². The molecule has 1 saturated heterocycles. The molecule has 0 saturated carbocycles. The molecule has 3 aromatic carbocycles. The molecule has 0 unspecified atom stereocenters. The van der Waals surface area contributed by atoms with Gasteiger partial charge in [-0.05, 0) is 67.4 Å². The lowest BCUT2D eigenvalue weighted by atomic mass is 9.74. The first kappa shape index (κ1) is 22.5. The maximum absolute atomic E-state index is 14.3. The highest BCUT2D eigenvalue weighted by molar-refractivity contribution is 6.32. The van der Waals surface area contributed by atoms with E-state index < -0.39 is 4.92 Å². The van der Waals surface area contributed by atoms with Crippen LogP contribution in [0, 0.1) is 15.9 Å². The third-order valence-corrected chi connectivity index (χ3v) is 7.30. The van der Waals surface area contributed by atoms with Crippen molar-refractivity contribution in [2.45, 2.75) is 24.8 Å². The van der Waals surface area contributed by atoms with Crippen molar-refractivity contribution < 1.29 is 14.1 Å². The van der Waals surface area contributed by atoms with E-state index in [4.69, 9.17) is 11.6 Å². The Bertz CT molecular complexity index is 1260. The lowest BCUT2D eigenvalue weighted by Gasteiger charge is -2.40. The average Bonchev–Trinajstić information content (AvgIpc) is 3.14. The van der Waals surface area contributed by atoms with Crippen LogP contribution in [-0.4, -0.2) is 35.4 Å². The summed E-state index contributed by atoms with van der Waals surface area (Å²) >= 11 is 5.93. The second kappa shape index (κ2) is 8.81. The van der Waals surface area contributed by atoms with Gasteiger partial charge in [0, 0.05) is 35.8 Å². The number of nitro benzene ring substituents is 1. The van der Waals surface area contributed by atoms with Gasteiger partial charge in [0.1, 0.15) is 10.8 Å². The van der Waals surface area contributed by atoms with E-state index in [0.29, 0.717) is 12.2 Å². The third kappa shape index (κ3) is 4.06. The van der Waals surface area contributed by atoms with E-state index >= 15 is 0 Å². The van der Waals surface area contributed by atoms with Crippen molar-refractivity contribution in [2.75, 3.05) is 24.5 Å². The summed E-state index contributed by atoms with van der Waals surface area (Å²) in [6, 6.07) is 18.9. The summed E-state index contributed by atoms with van der Waals surface area (Å²) in [6.07, 6.45) is 1.58. The fourth-order valence-corrected chi connectivity index (χ4v) is 5.36. The van der Waals surface area contributed by atoms with Crippen LogP contribution in [0.1, 0.15) is 34.3 Å². The van der Waals surface area contributed by atoms with E-state index in [1.165, 1.54) is 29.8 Å². The molecule has 2 heterocycles. The maximum atomic E-state index is 14.3. The van der Waals surface area contributed by atoms with Gasteiger partial charge in [-0.2, -0.15) is 0 Å². The van der Waals surface area contributed by atoms with E-state index in [2.05, 4.69) is 17.0 Å². The molecule has 8 heteroatoms. The molecule has 2 aliphatic heterocycles. The van der Waals surface area contributed by atoms with Gasteiger partial charge in [-0.1, -0.05) is 41.9 Å². The van der Waals surface area contributed by atoms with Crippen LogP contribution in [0.25, 0.3) is 0 Å². The Labute approximate surface area is 201 Å². The number of likely N-dealkylation sites (tertiary alicyclic amines) is 1.